The van der Waals surface area contributed by atoms with E-state index in [0.717, 1.165) is 11.1 Å². The van der Waals surface area contributed by atoms with E-state index in [1.807, 2.05) is 56.3 Å². The lowest BCUT2D eigenvalue weighted by atomic mass is 9.95. The molecule has 1 unspecified atom stereocenters. The molecule has 0 aliphatic heterocycles. The van der Waals surface area contributed by atoms with E-state index in [0.29, 0.717) is 17.7 Å². The Hall–Kier alpha value is -2.60. The first-order valence-electron chi connectivity index (χ1n) is 7.03. The Morgan fingerprint density at radius 1 is 1.19 bits per heavy atom. The second-order valence-electron chi connectivity index (χ2n) is 4.97. The minimum atomic E-state index is -0.210. The van der Waals surface area contributed by atoms with Gasteiger partial charge in [0.25, 0.3) is 0 Å². The molecule has 0 spiro atoms. The number of hydrogen-bond acceptors (Lipinski definition) is 2. The van der Waals surface area contributed by atoms with Crippen molar-refractivity contribution in [2.24, 2.45) is 0 Å². The third-order valence-electron chi connectivity index (χ3n) is 3.57. The van der Waals surface area contributed by atoms with Crippen LogP contribution in [0.4, 0.5) is 5.69 Å². The Morgan fingerprint density at radius 3 is 2.52 bits per heavy atom. The van der Waals surface area contributed by atoms with Crippen molar-refractivity contribution in [2.45, 2.75) is 26.2 Å². The SMILES string of the molecule is CCC(C(=O)Nc1cccc(C)c1C#N)c1ccccc1. The molecule has 1 N–H and O–H groups in total. The zero-order chi connectivity index (χ0) is 15.2. The van der Waals surface area contributed by atoms with Gasteiger partial charge in [0, 0.05) is 0 Å². The van der Waals surface area contributed by atoms with Gasteiger partial charge in [-0.05, 0) is 30.5 Å². The van der Waals surface area contributed by atoms with Crippen molar-refractivity contribution in [3.63, 3.8) is 0 Å². The highest BCUT2D eigenvalue weighted by Crippen LogP contribution is 2.24. The summed E-state index contributed by atoms with van der Waals surface area (Å²) in [7, 11) is 0. The highest BCUT2D eigenvalue weighted by molar-refractivity contribution is 5.97. The van der Waals surface area contributed by atoms with Gasteiger partial charge in [-0.3, -0.25) is 4.79 Å². The van der Waals surface area contributed by atoms with Crippen LogP contribution in [0.1, 0.15) is 36.0 Å². The lowest BCUT2D eigenvalue weighted by molar-refractivity contribution is -0.117. The molecule has 21 heavy (non-hydrogen) atoms. The third kappa shape index (κ3) is 3.29. The normalized spacial score (nSPS) is 11.5. The number of carbonyl (C=O) groups excluding carboxylic acids is 1. The predicted octanol–water partition coefficient (Wildman–Crippen LogP) is 4.00. The van der Waals surface area contributed by atoms with Crippen molar-refractivity contribution in [3.05, 3.63) is 65.2 Å². The smallest absolute Gasteiger partial charge is 0.231 e. The zero-order valence-corrected chi connectivity index (χ0v) is 12.3. The average Bonchev–Trinajstić information content (AvgIpc) is 2.49. The van der Waals surface area contributed by atoms with E-state index in [2.05, 4.69) is 11.4 Å². The molecule has 3 heteroatoms. The number of nitrogens with one attached hydrogen (secondary N) is 1. The maximum atomic E-state index is 12.5. The van der Waals surface area contributed by atoms with Crippen molar-refractivity contribution >= 4 is 11.6 Å². The molecule has 0 aliphatic rings. The molecular weight excluding hydrogens is 260 g/mol. The summed E-state index contributed by atoms with van der Waals surface area (Å²) in [4.78, 5) is 12.5. The van der Waals surface area contributed by atoms with E-state index in [9.17, 15) is 10.1 Å². The molecule has 0 saturated heterocycles. The molecular formula is C18H18N2O. The fourth-order valence-corrected chi connectivity index (χ4v) is 2.40. The van der Waals surface area contributed by atoms with Crippen LogP contribution in [0.3, 0.4) is 0 Å². The van der Waals surface area contributed by atoms with Crippen molar-refractivity contribution in [2.75, 3.05) is 5.32 Å². The monoisotopic (exact) mass is 278 g/mol. The van der Waals surface area contributed by atoms with Gasteiger partial charge in [-0.1, -0.05) is 49.4 Å². The van der Waals surface area contributed by atoms with Crippen LogP contribution in [-0.4, -0.2) is 5.91 Å². The predicted molar refractivity (Wildman–Crippen MR) is 84.0 cm³/mol. The number of nitrogens with zero attached hydrogens (tertiary/aromatic N) is 1. The number of aryl methyl sites for hydroxylation is 1. The maximum Gasteiger partial charge on any atom is 0.231 e. The largest absolute Gasteiger partial charge is 0.324 e. The van der Waals surface area contributed by atoms with Crippen molar-refractivity contribution in [1.29, 1.82) is 5.26 Å². The molecule has 0 fully saturated rings. The summed E-state index contributed by atoms with van der Waals surface area (Å²) in [6, 6.07) is 17.3. The topological polar surface area (TPSA) is 52.9 Å². The fourth-order valence-electron chi connectivity index (χ4n) is 2.40. The van der Waals surface area contributed by atoms with E-state index in [4.69, 9.17) is 0 Å². The molecule has 106 valence electrons. The van der Waals surface area contributed by atoms with E-state index in [1.165, 1.54) is 0 Å². The Balaban J connectivity index is 2.25. The van der Waals surface area contributed by atoms with Gasteiger partial charge in [-0.25, -0.2) is 0 Å². The summed E-state index contributed by atoms with van der Waals surface area (Å²) in [5.74, 6) is -0.288. The van der Waals surface area contributed by atoms with Crippen LogP contribution in [-0.2, 0) is 4.79 Å². The van der Waals surface area contributed by atoms with Gasteiger partial charge < -0.3 is 5.32 Å². The van der Waals surface area contributed by atoms with Crippen LogP contribution in [0.25, 0.3) is 0 Å². The van der Waals surface area contributed by atoms with Crippen LogP contribution < -0.4 is 5.32 Å². The number of nitriles is 1. The summed E-state index contributed by atoms with van der Waals surface area (Å²) in [6.45, 7) is 3.85. The minimum Gasteiger partial charge on any atom is -0.324 e. The van der Waals surface area contributed by atoms with E-state index in [-0.39, 0.29) is 11.8 Å². The first kappa shape index (κ1) is 14.8. The number of anilines is 1. The second kappa shape index (κ2) is 6.71. The van der Waals surface area contributed by atoms with Crippen LogP contribution in [0.5, 0.6) is 0 Å². The van der Waals surface area contributed by atoms with Crippen molar-refractivity contribution in [3.8, 4) is 6.07 Å². The summed E-state index contributed by atoms with van der Waals surface area (Å²) in [5.41, 5.74) is 2.96. The maximum absolute atomic E-state index is 12.5. The quantitative estimate of drug-likeness (QED) is 0.919. The molecule has 2 aromatic rings. The van der Waals surface area contributed by atoms with Crippen LogP contribution in [0.2, 0.25) is 0 Å². The van der Waals surface area contributed by atoms with Gasteiger partial charge in [0.05, 0.1) is 17.2 Å². The molecule has 0 aromatic heterocycles. The molecule has 1 amide bonds. The summed E-state index contributed by atoms with van der Waals surface area (Å²) >= 11 is 0. The standard InChI is InChI=1S/C18H18N2O/c1-3-15(14-9-5-4-6-10-14)18(21)20-17-11-7-8-13(2)16(17)12-19/h4-11,15H,3H2,1-2H3,(H,20,21). The summed E-state index contributed by atoms with van der Waals surface area (Å²) in [6.07, 6.45) is 0.712. The van der Waals surface area contributed by atoms with Gasteiger partial charge in [-0.15, -0.1) is 0 Å². The average molecular weight is 278 g/mol. The Labute approximate surface area is 125 Å². The van der Waals surface area contributed by atoms with E-state index in [1.54, 1.807) is 6.07 Å². The van der Waals surface area contributed by atoms with Crippen LogP contribution in [0, 0.1) is 18.3 Å². The number of amides is 1. The third-order valence-corrected chi connectivity index (χ3v) is 3.57. The summed E-state index contributed by atoms with van der Waals surface area (Å²) in [5, 5.41) is 12.1. The summed E-state index contributed by atoms with van der Waals surface area (Å²) < 4.78 is 0. The van der Waals surface area contributed by atoms with Crippen molar-refractivity contribution in [1.82, 2.24) is 0 Å². The first-order valence-corrected chi connectivity index (χ1v) is 7.03. The molecule has 1 atom stereocenters. The Kier molecular flexibility index (Phi) is 4.73. The van der Waals surface area contributed by atoms with Gasteiger partial charge in [0.15, 0.2) is 0 Å². The first-order chi connectivity index (χ1) is 10.2. The second-order valence-corrected chi connectivity index (χ2v) is 4.97. The van der Waals surface area contributed by atoms with Gasteiger partial charge in [0.2, 0.25) is 5.91 Å². The molecule has 0 radical (unpaired) electrons. The van der Waals surface area contributed by atoms with E-state index >= 15 is 0 Å². The molecule has 0 saturated carbocycles. The number of hydrogen-bond donors (Lipinski definition) is 1. The highest BCUT2D eigenvalue weighted by Gasteiger charge is 2.19. The number of rotatable bonds is 4. The number of carbonyl (C=O) groups is 1. The minimum absolute atomic E-state index is 0.0780. The molecule has 2 rings (SSSR count). The zero-order valence-electron chi connectivity index (χ0n) is 12.3. The van der Waals surface area contributed by atoms with E-state index < -0.39 is 0 Å². The molecule has 0 aliphatic carbocycles. The van der Waals surface area contributed by atoms with Crippen LogP contribution >= 0.6 is 0 Å². The van der Waals surface area contributed by atoms with Gasteiger partial charge in [-0.2, -0.15) is 5.26 Å². The molecule has 0 bridgehead atoms. The molecule has 2 aromatic carbocycles. The van der Waals surface area contributed by atoms with Gasteiger partial charge >= 0.3 is 0 Å². The van der Waals surface area contributed by atoms with Gasteiger partial charge in [0.1, 0.15) is 6.07 Å². The Morgan fingerprint density at radius 2 is 1.90 bits per heavy atom. The number of benzene rings is 2. The van der Waals surface area contributed by atoms with Crippen LogP contribution in [0.15, 0.2) is 48.5 Å². The van der Waals surface area contributed by atoms with Crippen molar-refractivity contribution < 1.29 is 4.79 Å². The molecule has 0 heterocycles. The molecule has 3 nitrogen and oxygen atoms in total. The lowest BCUT2D eigenvalue weighted by Gasteiger charge is -2.16. The lowest BCUT2D eigenvalue weighted by Crippen LogP contribution is -2.21. The fraction of sp³-hybridized carbons (Fsp3) is 0.222. The highest BCUT2D eigenvalue weighted by atomic mass is 16.1. The Bertz CT molecular complexity index is 671.